The summed E-state index contributed by atoms with van der Waals surface area (Å²) in [4.78, 5) is 22.5. The monoisotopic (exact) mass is 266 g/mol. The van der Waals surface area contributed by atoms with Gasteiger partial charge in [0.1, 0.15) is 12.2 Å². The lowest BCUT2D eigenvalue weighted by molar-refractivity contribution is -0.146. The van der Waals surface area contributed by atoms with E-state index in [9.17, 15) is 9.59 Å². The van der Waals surface area contributed by atoms with Crippen LogP contribution in [0.15, 0.2) is 24.3 Å². The summed E-state index contributed by atoms with van der Waals surface area (Å²) in [6, 6.07) is 0. The van der Waals surface area contributed by atoms with Gasteiger partial charge in [0.2, 0.25) is 0 Å². The maximum Gasteiger partial charge on any atom is 0.306 e. The molecule has 4 nitrogen and oxygen atoms in total. The molecule has 0 aromatic carbocycles. The van der Waals surface area contributed by atoms with E-state index >= 15 is 0 Å². The fraction of sp³-hybridized carbons (Fsp3) is 0.600. The van der Waals surface area contributed by atoms with Gasteiger partial charge in [-0.05, 0) is 25.8 Å². The zero-order valence-electron chi connectivity index (χ0n) is 11.9. The quantitative estimate of drug-likeness (QED) is 0.548. The summed E-state index contributed by atoms with van der Waals surface area (Å²) in [5.41, 5.74) is 1.76. The third-order valence-corrected chi connectivity index (χ3v) is 3.16. The van der Waals surface area contributed by atoms with Gasteiger partial charge in [-0.25, -0.2) is 0 Å². The van der Waals surface area contributed by atoms with E-state index in [1.54, 1.807) is 0 Å². The summed E-state index contributed by atoms with van der Waals surface area (Å²) in [5, 5.41) is 0. The van der Waals surface area contributed by atoms with Gasteiger partial charge in [0.25, 0.3) is 0 Å². The van der Waals surface area contributed by atoms with Gasteiger partial charge < -0.3 is 9.47 Å². The number of esters is 2. The van der Waals surface area contributed by atoms with E-state index in [1.807, 2.05) is 13.8 Å². The lowest BCUT2D eigenvalue weighted by Crippen LogP contribution is -2.25. The topological polar surface area (TPSA) is 52.6 Å². The molecular formula is C15H22O4. The zero-order valence-corrected chi connectivity index (χ0v) is 11.9. The predicted octanol–water partition coefficient (Wildman–Crippen LogP) is 2.78. The number of hydrogen-bond acceptors (Lipinski definition) is 4. The van der Waals surface area contributed by atoms with Crippen molar-refractivity contribution in [1.29, 1.82) is 0 Å². The average molecular weight is 266 g/mol. The Hall–Kier alpha value is -1.58. The van der Waals surface area contributed by atoms with Crippen molar-refractivity contribution in [3.63, 3.8) is 0 Å². The Bertz CT molecular complexity index is 397. The minimum Gasteiger partial charge on any atom is -0.462 e. The van der Waals surface area contributed by atoms with Crippen molar-refractivity contribution in [3.05, 3.63) is 24.3 Å². The first kappa shape index (κ1) is 15.5. The molecule has 1 saturated heterocycles. The lowest BCUT2D eigenvalue weighted by Gasteiger charge is -2.23. The molecule has 1 heterocycles. The van der Waals surface area contributed by atoms with Gasteiger partial charge >= 0.3 is 11.9 Å². The van der Waals surface area contributed by atoms with Crippen molar-refractivity contribution in [2.75, 3.05) is 0 Å². The molecule has 1 rings (SSSR count). The van der Waals surface area contributed by atoms with Crippen LogP contribution in [0.3, 0.4) is 0 Å². The van der Waals surface area contributed by atoms with Crippen LogP contribution in [0, 0.1) is 5.92 Å². The van der Waals surface area contributed by atoms with Gasteiger partial charge in [-0.15, -0.1) is 6.58 Å². The molecule has 0 bridgehead atoms. The normalized spacial score (nSPS) is 23.6. The van der Waals surface area contributed by atoms with E-state index in [4.69, 9.17) is 9.47 Å². The first-order valence-corrected chi connectivity index (χ1v) is 6.46. The molecule has 4 heteroatoms. The van der Waals surface area contributed by atoms with Crippen LogP contribution in [0.25, 0.3) is 0 Å². The van der Waals surface area contributed by atoms with Crippen molar-refractivity contribution in [2.45, 2.75) is 52.2 Å². The highest BCUT2D eigenvalue weighted by molar-refractivity contribution is 5.72. The number of cyclic esters (lactones) is 1. The summed E-state index contributed by atoms with van der Waals surface area (Å²) < 4.78 is 10.5. The first-order valence-electron chi connectivity index (χ1n) is 6.46. The van der Waals surface area contributed by atoms with Crippen LogP contribution in [0.5, 0.6) is 0 Å². The van der Waals surface area contributed by atoms with Crippen LogP contribution >= 0.6 is 0 Å². The van der Waals surface area contributed by atoms with E-state index in [1.165, 1.54) is 6.92 Å². The van der Waals surface area contributed by atoms with E-state index in [0.29, 0.717) is 19.3 Å². The fourth-order valence-electron chi connectivity index (χ4n) is 2.27. The summed E-state index contributed by atoms with van der Waals surface area (Å²) in [7, 11) is 0. The Morgan fingerprint density at radius 3 is 2.53 bits per heavy atom. The Labute approximate surface area is 114 Å². The SMILES string of the molecule is C=C(C)C[C@@H]1OC(=O)C[C@H]1C[C@H](OC(C)=O)C(=C)C. The van der Waals surface area contributed by atoms with Gasteiger partial charge in [-0.1, -0.05) is 12.2 Å². The number of carbonyl (C=O) groups excluding carboxylic acids is 2. The molecule has 0 radical (unpaired) electrons. The maximum atomic E-state index is 11.4. The van der Waals surface area contributed by atoms with Gasteiger partial charge in [0, 0.05) is 19.3 Å². The molecule has 1 aliphatic heterocycles. The molecule has 19 heavy (non-hydrogen) atoms. The Kier molecular flexibility index (Phi) is 5.33. The zero-order chi connectivity index (χ0) is 14.6. The molecule has 3 atom stereocenters. The molecule has 0 saturated carbocycles. The van der Waals surface area contributed by atoms with Gasteiger partial charge in [0.15, 0.2) is 0 Å². The number of rotatable bonds is 6. The van der Waals surface area contributed by atoms with Crippen molar-refractivity contribution in [1.82, 2.24) is 0 Å². The van der Waals surface area contributed by atoms with Crippen LogP contribution < -0.4 is 0 Å². The molecular weight excluding hydrogens is 244 g/mol. The van der Waals surface area contributed by atoms with Crippen LogP contribution in [0.4, 0.5) is 0 Å². The third-order valence-electron chi connectivity index (χ3n) is 3.16. The van der Waals surface area contributed by atoms with Crippen molar-refractivity contribution in [2.24, 2.45) is 5.92 Å². The van der Waals surface area contributed by atoms with E-state index < -0.39 is 0 Å². The first-order chi connectivity index (χ1) is 8.79. The minimum atomic E-state index is -0.357. The molecule has 1 aliphatic rings. The van der Waals surface area contributed by atoms with Crippen LogP contribution in [0.1, 0.15) is 40.0 Å². The molecule has 1 fully saturated rings. The number of carbonyl (C=O) groups is 2. The standard InChI is InChI=1S/C15H22O4/c1-9(2)6-14-12(8-15(17)19-14)7-13(10(3)4)18-11(5)16/h12-14H,1,3,6-8H2,2,4-5H3/t12-,13+,14+/m1/s1. The van der Waals surface area contributed by atoms with Gasteiger partial charge in [-0.3, -0.25) is 9.59 Å². The van der Waals surface area contributed by atoms with Crippen LogP contribution in [0.2, 0.25) is 0 Å². The number of hydrogen-bond donors (Lipinski definition) is 0. The second kappa shape index (κ2) is 6.55. The van der Waals surface area contributed by atoms with Crippen molar-refractivity contribution >= 4 is 11.9 Å². The molecule has 0 amide bonds. The highest BCUT2D eigenvalue weighted by atomic mass is 16.6. The van der Waals surface area contributed by atoms with E-state index in [0.717, 1.165) is 11.1 Å². The highest BCUT2D eigenvalue weighted by Crippen LogP contribution is 2.32. The predicted molar refractivity (Wildman–Crippen MR) is 72.4 cm³/mol. The lowest BCUT2D eigenvalue weighted by atomic mass is 9.89. The molecule has 0 aromatic rings. The second-order valence-electron chi connectivity index (χ2n) is 5.33. The molecule has 0 spiro atoms. The molecule has 0 aromatic heterocycles. The molecule has 106 valence electrons. The summed E-state index contributed by atoms with van der Waals surface area (Å²) >= 11 is 0. The molecule has 0 unspecified atom stereocenters. The highest BCUT2D eigenvalue weighted by Gasteiger charge is 2.36. The molecule has 0 aliphatic carbocycles. The van der Waals surface area contributed by atoms with Crippen molar-refractivity contribution < 1.29 is 19.1 Å². The Morgan fingerprint density at radius 2 is 2.05 bits per heavy atom. The van der Waals surface area contributed by atoms with Crippen LogP contribution in [-0.2, 0) is 19.1 Å². The minimum absolute atomic E-state index is 0.0465. The summed E-state index contributed by atoms with van der Waals surface area (Å²) in [5.74, 6) is -0.487. The summed E-state index contributed by atoms with van der Waals surface area (Å²) in [6.45, 7) is 12.8. The maximum absolute atomic E-state index is 11.4. The summed E-state index contributed by atoms with van der Waals surface area (Å²) in [6.07, 6.45) is 1.06. The van der Waals surface area contributed by atoms with Gasteiger partial charge in [-0.2, -0.15) is 0 Å². The van der Waals surface area contributed by atoms with E-state index in [-0.39, 0.29) is 30.1 Å². The fourth-order valence-corrected chi connectivity index (χ4v) is 2.27. The number of ether oxygens (including phenoxy) is 2. The Balaban J connectivity index is 2.70. The smallest absolute Gasteiger partial charge is 0.306 e. The Morgan fingerprint density at radius 1 is 1.42 bits per heavy atom. The van der Waals surface area contributed by atoms with Crippen molar-refractivity contribution in [3.8, 4) is 0 Å². The average Bonchev–Trinajstić information content (AvgIpc) is 2.56. The second-order valence-corrected chi connectivity index (χ2v) is 5.33. The third kappa shape index (κ3) is 4.89. The van der Waals surface area contributed by atoms with Crippen LogP contribution in [-0.4, -0.2) is 24.1 Å². The largest absolute Gasteiger partial charge is 0.462 e. The molecule has 0 N–H and O–H groups in total. The van der Waals surface area contributed by atoms with Gasteiger partial charge in [0.05, 0.1) is 6.42 Å². The van der Waals surface area contributed by atoms with E-state index in [2.05, 4.69) is 13.2 Å².